The lowest BCUT2D eigenvalue weighted by Gasteiger charge is -2.33. The fourth-order valence-electron chi connectivity index (χ4n) is 5.84. The lowest BCUT2D eigenvalue weighted by molar-refractivity contribution is -0.137. The lowest BCUT2D eigenvalue weighted by atomic mass is 9.82. The summed E-state index contributed by atoms with van der Waals surface area (Å²) in [5, 5.41) is 30.6. The van der Waals surface area contributed by atoms with Crippen molar-refractivity contribution in [2.75, 3.05) is 26.7 Å². The van der Waals surface area contributed by atoms with Crippen LogP contribution in [-0.4, -0.2) is 83.8 Å². The van der Waals surface area contributed by atoms with Gasteiger partial charge >= 0.3 is 0 Å². The SMILES string of the molecule is C#CCC[C@H](NC(=O)[C@@H](CC(=O)N(C)CCNCCC)Cc1ccccc1)C(=O)N[C@@H](CC1CCCCC1)[C@@H](O)[C@@H](O)CC#C. The van der Waals surface area contributed by atoms with E-state index in [0.717, 1.165) is 50.6 Å². The van der Waals surface area contributed by atoms with Gasteiger partial charge in [0.2, 0.25) is 17.7 Å². The first kappa shape index (κ1) is 37.8. The first-order valence-corrected chi connectivity index (χ1v) is 16.5. The number of nitrogens with one attached hydrogen (secondary N) is 3. The van der Waals surface area contributed by atoms with E-state index in [-0.39, 0.29) is 31.6 Å². The Labute approximate surface area is 270 Å². The highest BCUT2D eigenvalue weighted by Gasteiger charge is 2.33. The monoisotopic (exact) mass is 622 g/mol. The Hall–Kier alpha value is -3.37. The molecule has 0 bridgehead atoms. The van der Waals surface area contributed by atoms with Gasteiger partial charge in [-0.15, -0.1) is 24.7 Å². The maximum absolute atomic E-state index is 13.8. The largest absolute Gasteiger partial charge is 0.389 e. The average Bonchev–Trinajstić information content (AvgIpc) is 3.04. The van der Waals surface area contributed by atoms with Crippen LogP contribution in [0.4, 0.5) is 0 Å². The van der Waals surface area contributed by atoms with E-state index in [1.54, 1.807) is 11.9 Å². The van der Waals surface area contributed by atoms with E-state index >= 15 is 0 Å². The van der Waals surface area contributed by atoms with Crippen LogP contribution in [-0.2, 0) is 20.8 Å². The zero-order valence-electron chi connectivity index (χ0n) is 27.2. The maximum atomic E-state index is 13.8. The smallest absolute Gasteiger partial charge is 0.242 e. The van der Waals surface area contributed by atoms with E-state index in [2.05, 4.69) is 34.7 Å². The maximum Gasteiger partial charge on any atom is 0.242 e. The molecule has 3 amide bonds. The minimum atomic E-state index is -1.26. The van der Waals surface area contributed by atoms with Crippen molar-refractivity contribution in [3.8, 4) is 24.7 Å². The van der Waals surface area contributed by atoms with E-state index in [1.165, 1.54) is 0 Å². The van der Waals surface area contributed by atoms with Crippen molar-refractivity contribution < 1.29 is 24.6 Å². The molecule has 1 aliphatic rings. The predicted octanol–water partition coefficient (Wildman–Crippen LogP) is 2.79. The number of nitrogens with zero attached hydrogens (tertiary/aromatic N) is 1. The number of aliphatic hydroxyl groups is 2. The van der Waals surface area contributed by atoms with Crippen molar-refractivity contribution in [1.82, 2.24) is 20.9 Å². The Bertz CT molecular complexity index is 1110. The van der Waals surface area contributed by atoms with Crippen molar-refractivity contribution >= 4 is 17.7 Å². The molecular formula is C36H54N4O5. The molecule has 0 unspecified atom stereocenters. The molecular weight excluding hydrogens is 568 g/mol. The number of rotatable bonds is 20. The standard InChI is InChI=1S/C36H54N4O5/c1-5-8-20-30(36(45)39-31(34(43)32(41)15-6-2)25-28-18-13-10-14-19-28)38-35(44)29(24-27-16-11-9-12-17-27)26-33(42)40(4)23-22-37-21-7-3/h1-2,9,11-12,16-17,28-32,34,37,41,43H,7-8,10,13-15,18-26H2,3-4H3,(H,38,44)(H,39,45)/t29-,30+,31+,32+,34-/m1/s1. The molecule has 9 nitrogen and oxygen atoms in total. The summed E-state index contributed by atoms with van der Waals surface area (Å²) >= 11 is 0. The van der Waals surface area contributed by atoms with E-state index in [9.17, 15) is 24.6 Å². The minimum absolute atomic E-state index is 0.0181. The van der Waals surface area contributed by atoms with Crippen molar-refractivity contribution in [3.05, 3.63) is 35.9 Å². The Kier molecular flexibility index (Phi) is 18.0. The Balaban J connectivity index is 2.21. The van der Waals surface area contributed by atoms with Crippen molar-refractivity contribution in [3.63, 3.8) is 0 Å². The number of carbonyl (C=O) groups excluding carboxylic acids is 3. The summed E-state index contributed by atoms with van der Waals surface area (Å²) in [5.41, 5.74) is 0.903. The third kappa shape index (κ3) is 14.1. The van der Waals surface area contributed by atoms with Crippen molar-refractivity contribution in [2.24, 2.45) is 11.8 Å². The molecule has 0 saturated heterocycles. The minimum Gasteiger partial charge on any atom is -0.389 e. The molecule has 1 aliphatic carbocycles. The molecule has 248 valence electrons. The summed E-state index contributed by atoms with van der Waals surface area (Å²) in [6.45, 7) is 4.11. The first-order chi connectivity index (χ1) is 21.7. The summed E-state index contributed by atoms with van der Waals surface area (Å²) in [7, 11) is 1.73. The molecule has 45 heavy (non-hydrogen) atoms. The van der Waals surface area contributed by atoms with Gasteiger partial charge in [0.15, 0.2) is 0 Å². The van der Waals surface area contributed by atoms with Gasteiger partial charge in [-0.25, -0.2) is 0 Å². The van der Waals surface area contributed by atoms with E-state index in [4.69, 9.17) is 12.8 Å². The number of carbonyl (C=O) groups is 3. The van der Waals surface area contributed by atoms with Gasteiger partial charge in [0.1, 0.15) is 12.1 Å². The van der Waals surface area contributed by atoms with Crippen molar-refractivity contribution in [2.45, 2.75) is 108 Å². The van der Waals surface area contributed by atoms with Gasteiger partial charge in [-0.1, -0.05) is 69.4 Å². The van der Waals surface area contributed by atoms with Crippen LogP contribution in [0.5, 0.6) is 0 Å². The molecule has 0 aliphatic heterocycles. The van der Waals surface area contributed by atoms with Gasteiger partial charge in [0, 0.05) is 39.4 Å². The summed E-state index contributed by atoms with van der Waals surface area (Å²) in [4.78, 5) is 42.3. The second kappa shape index (κ2) is 21.4. The zero-order valence-corrected chi connectivity index (χ0v) is 27.2. The quantitative estimate of drug-likeness (QED) is 0.112. The van der Waals surface area contributed by atoms with Crippen LogP contribution in [0.1, 0.15) is 83.1 Å². The van der Waals surface area contributed by atoms with Crippen molar-refractivity contribution in [1.29, 1.82) is 0 Å². The Morgan fingerprint density at radius 1 is 1.00 bits per heavy atom. The first-order valence-electron chi connectivity index (χ1n) is 16.5. The molecule has 1 fully saturated rings. The van der Waals surface area contributed by atoms with E-state index < -0.39 is 42.0 Å². The van der Waals surface area contributed by atoms with Crippen LogP contribution < -0.4 is 16.0 Å². The Morgan fingerprint density at radius 2 is 1.71 bits per heavy atom. The fourth-order valence-corrected chi connectivity index (χ4v) is 5.84. The average molecular weight is 623 g/mol. The highest BCUT2D eigenvalue weighted by molar-refractivity contribution is 5.91. The van der Waals surface area contributed by atoms with Crippen LogP contribution in [0.2, 0.25) is 0 Å². The van der Waals surface area contributed by atoms with Gasteiger partial charge in [0.05, 0.1) is 18.1 Å². The number of benzene rings is 1. The van der Waals surface area contributed by atoms with Crippen LogP contribution in [0.25, 0.3) is 0 Å². The fraction of sp³-hybridized carbons (Fsp3) is 0.639. The summed E-state index contributed by atoms with van der Waals surface area (Å²) in [5.74, 6) is 3.43. The molecule has 0 heterocycles. The van der Waals surface area contributed by atoms with Gasteiger partial charge < -0.3 is 31.1 Å². The summed E-state index contributed by atoms with van der Waals surface area (Å²) < 4.78 is 0. The third-order valence-electron chi connectivity index (χ3n) is 8.58. The topological polar surface area (TPSA) is 131 Å². The highest BCUT2D eigenvalue weighted by atomic mass is 16.3. The lowest BCUT2D eigenvalue weighted by Crippen LogP contribution is -2.56. The molecule has 5 N–H and O–H groups in total. The third-order valence-corrected chi connectivity index (χ3v) is 8.58. The normalized spacial score (nSPS) is 16.7. The number of likely N-dealkylation sites (N-methyl/N-ethyl adjacent to an activating group) is 1. The number of aliphatic hydroxyl groups excluding tert-OH is 2. The molecule has 1 aromatic carbocycles. The number of hydrogen-bond donors (Lipinski definition) is 5. The predicted molar refractivity (Wildman–Crippen MR) is 178 cm³/mol. The van der Waals surface area contributed by atoms with Crippen LogP contribution in [0.15, 0.2) is 30.3 Å². The van der Waals surface area contributed by atoms with Crippen LogP contribution >= 0.6 is 0 Å². The molecule has 2 rings (SSSR count). The van der Waals surface area contributed by atoms with E-state index in [1.807, 2.05) is 30.3 Å². The van der Waals surface area contributed by atoms with Gasteiger partial charge in [0.25, 0.3) is 0 Å². The Morgan fingerprint density at radius 3 is 2.36 bits per heavy atom. The molecule has 5 atom stereocenters. The molecule has 1 saturated carbocycles. The van der Waals surface area contributed by atoms with Crippen LogP contribution in [0, 0.1) is 36.5 Å². The molecule has 0 aromatic heterocycles. The highest BCUT2D eigenvalue weighted by Crippen LogP contribution is 2.28. The van der Waals surface area contributed by atoms with Gasteiger partial charge in [-0.2, -0.15) is 0 Å². The second-order valence-corrected chi connectivity index (χ2v) is 12.3. The number of amides is 3. The van der Waals surface area contributed by atoms with E-state index in [0.29, 0.717) is 31.8 Å². The van der Waals surface area contributed by atoms with Gasteiger partial charge in [-0.3, -0.25) is 14.4 Å². The summed E-state index contributed by atoms with van der Waals surface area (Å²) in [6.07, 6.45) is 15.9. The molecule has 0 spiro atoms. The van der Waals surface area contributed by atoms with Crippen LogP contribution in [0.3, 0.4) is 0 Å². The van der Waals surface area contributed by atoms with Gasteiger partial charge in [-0.05, 0) is 43.7 Å². The molecule has 9 heteroatoms. The summed E-state index contributed by atoms with van der Waals surface area (Å²) in [6, 6.07) is 7.74. The number of hydrogen-bond acceptors (Lipinski definition) is 6. The molecule has 0 radical (unpaired) electrons. The number of terminal acetylenes is 2. The zero-order chi connectivity index (χ0) is 33.0. The molecule has 1 aromatic rings. The second-order valence-electron chi connectivity index (χ2n) is 12.3.